The van der Waals surface area contributed by atoms with Crippen LogP contribution in [-0.2, 0) is 6.42 Å². The van der Waals surface area contributed by atoms with E-state index in [0.29, 0.717) is 12.1 Å². The molecule has 0 aliphatic rings. The van der Waals surface area contributed by atoms with Crippen molar-refractivity contribution in [2.75, 3.05) is 0 Å². The molecule has 1 heterocycles. The van der Waals surface area contributed by atoms with Gasteiger partial charge in [0.2, 0.25) is 0 Å². The lowest BCUT2D eigenvalue weighted by atomic mass is 10.3. The molecule has 0 aliphatic heterocycles. The van der Waals surface area contributed by atoms with E-state index < -0.39 is 5.82 Å². The normalized spacial score (nSPS) is 7.93. The van der Waals surface area contributed by atoms with E-state index in [1.807, 2.05) is 20.8 Å². The van der Waals surface area contributed by atoms with Gasteiger partial charge in [-0.15, -0.1) is 12.8 Å². The summed E-state index contributed by atoms with van der Waals surface area (Å²) in [6.07, 6.45) is 2.08. The summed E-state index contributed by atoms with van der Waals surface area (Å²) in [5, 5.41) is 4.34. The van der Waals surface area contributed by atoms with Crippen LogP contribution in [-0.4, -0.2) is 4.98 Å². The molecule has 2 N–H and O–H groups in total. The van der Waals surface area contributed by atoms with Crippen LogP contribution in [0.2, 0.25) is 5.02 Å². The van der Waals surface area contributed by atoms with E-state index in [9.17, 15) is 4.39 Å². The monoisotopic (exact) mass is 238 g/mol. The molecule has 82 valence electrons. The largest absolute Gasteiger partial charge is 0.281 e. The number of pyridine rings is 1. The fourth-order valence-electron chi connectivity index (χ4n) is 0.707. The van der Waals surface area contributed by atoms with Gasteiger partial charge in [0.25, 0.3) is 0 Å². The zero-order valence-electron chi connectivity index (χ0n) is 8.59. The van der Waals surface area contributed by atoms with Crippen LogP contribution in [0.5, 0.6) is 0 Å². The van der Waals surface area contributed by atoms with Crippen LogP contribution in [0.1, 0.15) is 26.5 Å². The molecular formula is C9H16ClFN2S. The molecule has 0 radical (unpaired) electrons. The van der Waals surface area contributed by atoms with Crippen LogP contribution in [0.15, 0.2) is 12.3 Å². The first kappa shape index (κ1) is 16.1. The molecular weight excluding hydrogens is 223 g/mol. The van der Waals surface area contributed by atoms with E-state index in [1.54, 1.807) is 0 Å². The van der Waals surface area contributed by atoms with Crippen molar-refractivity contribution in [1.82, 2.24) is 4.98 Å². The van der Waals surface area contributed by atoms with Crippen molar-refractivity contribution in [3.05, 3.63) is 28.8 Å². The molecule has 1 aromatic rings. The summed E-state index contributed by atoms with van der Waals surface area (Å²) in [7, 11) is 0. The summed E-state index contributed by atoms with van der Waals surface area (Å²) in [5.41, 5.74) is 0.424. The van der Waals surface area contributed by atoms with Crippen LogP contribution in [0.25, 0.3) is 0 Å². The lowest BCUT2D eigenvalue weighted by Gasteiger charge is -1.97. The zero-order chi connectivity index (χ0) is 11.6. The van der Waals surface area contributed by atoms with Gasteiger partial charge in [-0.2, -0.15) is 0 Å². The second kappa shape index (κ2) is 10.8. The molecule has 1 rings (SSSR count). The Kier molecular flexibility index (Phi) is 12.4. The quantitative estimate of drug-likeness (QED) is 0.738. The van der Waals surface area contributed by atoms with Gasteiger partial charge in [0.05, 0.1) is 10.7 Å². The standard InChI is InChI=1S/C7H7ClFN.C2H6.H3NS/c1-2-6-7(9)5(8)3-4-10-6;2*1-2/h3-4H,2H2,1H3;1-2H3;2H,1H2. The van der Waals surface area contributed by atoms with Crippen molar-refractivity contribution in [3.8, 4) is 0 Å². The predicted octanol–water partition coefficient (Wildman–Crippen LogP) is 3.25. The molecule has 0 amide bonds. The number of nitrogens with two attached hydrogens (primary N) is 1. The van der Waals surface area contributed by atoms with E-state index in [2.05, 4.69) is 22.9 Å². The fraction of sp³-hybridized carbons (Fsp3) is 0.444. The van der Waals surface area contributed by atoms with E-state index >= 15 is 0 Å². The van der Waals surface area contributed by atoms with Crippen molar-refractivity contribution < 1.29 is 4.39 Å². The summed E-state index contributed by atoms with van der Waals surface area (Å²) in [4.78, 5) is 3.80. The Hall–Kier alpha value is -0.320. The first-order chi connectivity index (χ1) is 6.75. The number of hydrogen-bond donors (Lipinski definition) is 2. The molecule has 0 aliphatic carbocycles. The average molecular weight is 239 g/mol. The smallest absolute Gasteiger partial charge is 0.163 e. The second-order valence-corrected chi connectivity index (χ2v) is 2.31. The number of hydrogen-bond acceptors (Lipinski definition) is 3. The Morgan fingerprint density at radius 3 is 2.36 bits per heavy atom. The van der Waals surface area contributed by atoms with Crippen LogP contribution in [0.4, 0.5) is 4.39 Å². The van der Waals surface area contributed by atoms with E-state index in [4.69, 9.17) is 11.6 Å². The number of aromatic nitrogens is 1. The van der Waals surface area contributed by atoms with E-state index in [-0.39, 0.29) is 5.02 Å². The highest BCUT2D eigenvalue weighted by Crippen LogP contribution is 2.15. The molecule has 0 saturated carbocycles. The fourth-order valence-corrected chi connectivity index (χ4v) is 0.872. The van der Waals surface area contributed by atoms with Gasteiger partial charge in [0.15, 0.2) is 5.82 Å². The van der Waals surface area contributed by atoms with Gasteiger partial charge < -0.3 is 0 Å². The Morgan fingerprint density at radius 1 is 1.50 bits per heavy atom. The molecule has 0 spiro atoms. The highest BCUT2D eigenvalue weighted by Gasteiger charge is 2.03. The van der Waals surface area contributed by atoms with Crippen molar-refractivity contribution >= 4 is 24.4 Å². The highest BCUT2D eigenvalue weighted by molar-refractivity contribution is 7.77. The van der Waals surface area contributed by atoms with Gasteiger partial charge in [0.1, 0.15) is 0 Å². The summed E-state index contributed by atoms with van der Waals surface area (Å²) in [6, 6.07) is 1.44. The molecule has 0 atom stereocenters. The zero-order valence-corrected chi connectivity index (χ0v) is 10.2. The summed E-state index contributed by atoms with van der Waals surface area (Å²) >= 11 is 8.51. The predicted molar refractivity (Wildman–Crippen MR) is 63.1 cm³/mol. The molecule has 5 heteroatoms. The number of nitrogens with zero attached hydrogens (tertiary/aromatic N) is 1. The van der Waals surface area contributed by atoms with Crippen molar-refractivity contribution in [1.29, 1.82) is 0 Å². The van der Waals surface area contributed by atoms with Gasteiger partial charge in [-0.25, -0.2) is 4.39 Å². The Labute approximate surface area is 95.2 Å². The topological polar surface area (TPSA) is 38.9 Å². The minimum absolute atomic E-state index is 0.145. The minimum atomic E-state index is -0.397. The minimum Gasteiger partial charge on any atom is -0.281 e. The molecule has 14 heavy (non-hydrogen) atoms. The Morgan fingerprint density at radius 2 is 2.00 bits per heavy atom. The Bertz CT molecular complexity index is 246. The molecule has 0 unspecified atom stereocenters. The first-order valence-electron chi connectivity index (χ1n) is 4.30. The molecule has 0 bridgehead atoms. The average Bonchev–Trinajstić information content (AvgIpc) is 2.28. The van der Waals surface area contributed by atoms with Crippen LogP contribution < -0.4 is 5.14 Å². The molecule has 0 saturated heterocycles. The van der Waals surface area contributed by atoms with E-state index in [1.165, 1.54) is 12.3 Å². The highest BCUT2D eigenvalue weighted by atomic mass is 35.5. The van der Waals surface area contributed by atoms with E-state index in [0.717, 1.165) is 0 Å². The van der Waals surface area contributed by atoms with Crippen LogP contribution >= 0.6 is 24.4 Å². The maximum absolute atomic E-state index is 12.8. The molecule has 0 aromatic carbocycles. The lowest BCUT2D eigenvalue weighted by Crippen LogP contribution is -1.91. The van der Waals surface area contributed by atoms with Crippen LogP contribution in [0.3, 0.4) is 0 Å². The van der Waals surface area contributed by atoms with Gasteiger partial charge in [-0.1, -0.05) is 32.4 Å². The lowest BCUT2D eigenvalue weighted by molar-refractivity contribution is 0.602. The van der Waals surface area contributed by atoms with Crippen molar-refractivity contribution in [2.24, 2.45) is 5.14 Å². The van der Waals surface area contributed by atoms with Gasteiger partial charge >= 0.3 is 0 Å². The third-order valence-electron chi connectivity index (χ3n) is 1.25. The number of thiol groups is 1. The van der Waals surface area contributed by atoms with Crippen molar-refractivity contribution in [3.63, 3.8) is 0 Å². The van der Waals surface area contributed by atoms with Gasteiger partial charge in [-0.3, -0.25) is 10.1 Å². The molecule has 2 nitrogen and oxygen atoms in total. The summed E-state index contributed by atoms with van der Waals surface area (Å²) in [5.74, 6) is -0.397. The first-order valence-corrected chi connectivity index (χ1v) is 5.19. The Balaban J connectivity index is 0. The third-order valence-corrected chi connectivity index (χ3v) is 1.54. The maximum Gasteiger partial charge on any atom is 0.163 e. The second-order valence-electron chi connectivity index (χ2n) is 1.91. The van der Waals surface area contributed by atoms with Gasteiger partial charge in [0, 0.05) is 6.20 Å². The van der Waals surface area contributed by atoms with Gasteiger partial charge in [-0.05, 0) is 12.5 Å². The maximum atomic E-state index is 12.8. The SMILES string of the molecule is CC.CCc1nccc(Cl)c1F.NS. The number of rotatable bonds is 1. The summed E-state index contributed by atoms with van der Waals surface area (Å²) < 4.78 is 12.8. The number of aryl methyl sites for hydroxylation is 1. The summed E-state index contributed by atoms with van der Waals surface area (Å²) in [6.45, 7) is 5.84. The molecule has 1 aromatic heterocycles. The molecule has 0 fully saturated rings. The number of halogens is 2. The van der Waals surface area contributed by atoms with Crippen molar-refractivity contribution in [2.45, 2.75) is 27.2 Å². The third kappa shape index (κ3) is 5.42. The van der Waals surface area contributed by atoms with Crippen LogP contribution in [0, 0.1) is 5.82 Å².